The van der Waals surface area contributed by atoms with Crippen LogP contribution in [-0.4, -0.2) is 18.4 Å². The fourth-order valence-corrected chi connectivity index (χ4v) is 5.58. The van der Waals surface area contributed by atoms with Gasteiger partial charge >= 0.3 is 5.97 Å². The van der Waals surface area contributed by atoms with Gasteiger partial charge in [-0.2, -0.15) is 0 Å². The molecule has 4 aliphatic carbocycles. The minimum absolute atomic E-state index is 0.0840. The lowest BCUT2D eigenvalue weighted by Gasteiger charge is -2.47. The van der Waals surface area contributed by atoms with E-state index >= 15 is 0 Å². The van der Waals surface area contributed by atoms with Gasteiger partial charge in [0.15, 0.2) is 0 Å². The molecule has 3 nitrogen and oxygen atoms in total. The van der Waals surface area contributed by atoms with E-state index in [1.165, 1.54) is 37.7 Å². The van der Waals surface area contributed by atoms with Crippen LogP contribution in [0.4, 0.5) is 0 Å². The first-order valence-electron chi connectivity index (χ1n) is 8.66. The maximum atomic E-state index is 12.4. The van der Waals surface area contributed by atoms with Gasteiger partial charge in [0.25, 0.3) is 0 Å². The molecule has 0 spiro atoms. The third kappa shape index (κ3) is 1.85. The number of carbonyl (C=O) groups is 2. The fraction of sp³-hybridized carbons (Fsp3) is 0.778. The highest BCUT2D eigenvalue weighted by molar-refractivity contribution is 5.96. The van der Waals surface area contributed by atoms with E-state index in [9.17, 15) is 9.59 Å². The predicted molar refractivity (Wildman–Crippen MR) is 78.4 cm³/mol. The summed E-state index contributed by atoms with van der Waals surface area (Å²) in [5, 5.41) is 0. The fourth-order valence-electron chi connectivity index (χ4n) is 5.58. The van der Waals surface area contributed by atoms with Gasteiger partial charge in [0.05, 0.1) is 6.61 Å². The maximum absolute atomic E-state index is 12.4. The summed E-state index contributed by atoms with van der Waals surface area (Å²) in [6, 6.07) is 0. The number of allylic oxidation sites excluding steroid dienone is 1. The lowest BCUT2D eigenvalue weighted by atomic mass is 9.56. The first kappa shape index (κ1) is 13.5. The van der Waals surface area contributed by atoms with Crippen LogP contribution in [0.15, 0.2) is 11.1 Å². The molecule has 0 aromatic carbocycles. The monoisotopic (exact) mass is 288 g/mol. The SMILES string of the molecule is CCOC(=O)C1=C(C2CCCCC2)[C@@H]2[C@H]1[C@H]1CC(=O)[C@@H]2C1. The summed E-state index contributed by atoms with van der Waals surface area (Å²) in [4.78, 5) is 24.5. The van der Waals surface area contributed by atoms with Crippen LogP contribution >= 0.6 is 0 Å². The highest BCUT2D eigenvalue weighted by Gasteiger charge is 2.62. The maximum Gasteiger partial charge on any atom is 0.334 e. The van der Waals surface area contributed by atoms with Gasteiger partial charge in [-0.25, -0.2) is 4.79 Å². The Morgan fingerprint density at radius 2 is 1.95 bits per heavy atom. The minimum Gasteiger partial charge on any atom is -0.463 e. The number of Topliss-reactive ketones (excluding diaryl/α,β-unsaturated/α-hetero) is 1. The van der Waals surface area contributed by atoms with Crippen molar-refractivity contribution < 1.29 is 14.3 Å². The zero-order valence-corrected chi connectivity index (χ0v) is 12.8. The number of ketones is 1. The predicted octanol–water partition coefficient (Wildman–Crippen LogP) is 3.28. The summed E-state index contributed by atoms with van der Waals surface area (Å²) in [5.41, 5.74) is 2.34. The number of fused-ring (bicyclic) bond motifs is 5. The molecule has 0 aromatic heterocycles. The van der Waals surface area contributed by atoms with Crippen molar-refractivity contribution in [1.82, 2.24) is 0 Å². The van der Waals surface area contributed by atoms with Crippen LogP contribution in [0.3, 0.4) is 0 Å². The van der Waals surface area contributed by atoms with E-state index in [1.54, 1.807) is 0 Å². The lowest BCUT2D eigenvalue weighted by Crippen LogP contribution is -2.45. The number of ether oxygens (including phenoxy) is 1. The molecule has 0 aliphatic heterocycles. The molecular formula is C18H24O3. The molecule has 0 heterocycles. The molecule has 21 heavy (non-hydrogen) atoms. The summed E-state index contributed by atoms with van der Waals surface area (Å²) >= 11 is 0. The van der Waals surface area contributed by atoms with Crippen molar-refractivity contribution in [1.29, 1.82) is 0 Å². The number of rotatable bonds is 3. The molecule has 0 N–H and O–H groups in total. The van der Waals surface area contributed by atoms with Crippen molar-refractivity contribution in [2.45, 2.75) is 51.9 Å². The number of hydrogen-bond acceptors (Lipinski definition) is 3. The molecule has 4 rings (SSSR count). The Morgan fingerprint density at radius 1 is 1.19 bits per heavy atom. The largest absolute Gasteiger partial charge is 0.463 e. The summed E-state index contributed by atoms with van der Waals surface area (Å²) in [6.45, 7) is 2.32. The van der Waals surface area contributed by atoms with Gasteiger partial charge < -0.3 is 4.74 Å². The average molecular weight is 288 g/mol. The quantitative estimate of drug-likeness (QED) is 0.749. The zero-order chi connectivity index (χ0) is 14.6. The molecule has 0 radical (unpaired) electrons. The van der Waals surface area contributed by atoms with Crippen LogP contribution in [0, 0.1) is 29.6 Å². The van der Waals surface area contributed by atoms with Crippen molar-refractivity contribution in [3.05, 3.63) is 11.1 Å². The van der Waals surface area contributed by atoms with Crippen molar-refractivity contribution in [2.24, 2.45) is 29.6 Å². The van der Waals surface area contributed by atoms with Gasteiger partial charge in [-0.15, -0.1) is 0 Å². The molecule has 0 saturated heterocycles. The second-order valence-corrected chi connectivity index (χ2v) is 7.25. The molecule has 114 valence electrons. The van der Waals surface area contributed by atoms with E-state index in [0.29, 0.717) is 42.5 Å². The molecule has 0 unspecified atom stereocenters. The van der Waals surface area contributed by atoms with Gasteiger partial charge in [0, 0.05) is 23.8 Å². The first-order chi connectivity index (χ1) is 10.2. The zero-order valence-electron chi connectivity index (χ0n) is 12.8. The van der Waals surface area contributed by atoms with Crippen molar-refractivity contribution in [2.75, 3.05) is 6.61 Å². The number of esters is 1. The average Bonchev–Trinajstić information content (AvgIpc) is 2.93. The molecule has 4 atom stereocenters. The van der Waals surface area contributed by atoms with Crippen LogP contribution in [-0.2, 0) is 14.3 Å². The van der Waals surface area contributed by atoms with E-state index in [0.717, 1.165) is 12.0 Å². The second kappa shape index (κ2) is 4.96. The van der Waals surface area contributed by atoms with Crippen molar-refractivity contribution in [3.8, 4) is 0 Å². The Bertz CT molecular complexity index is 513. The Morgan fingerprint density at radius 3 is 2.67 bits per heavy atom. The van der Waals surface area contributed by atoms with Crippen LogP contribution in [0.1, 0.15) is 51.9 Å². The van der Waals surface area contributed by atoms with Gasteiger partial charge in [-0.05, 0) is 43.9 Å². The minimum atomic E-state index is -0.0840. The standard InChI is InChI=1S/C18H24O3/c1-2-21-18(20)17-14(10-6-4-3-5-7-10)16-12-8-11(15(16)17)9-13(12)19/h10-12,15-16H,2-9H2,1H3/t11-,12+,15-,16-/m1/s1. The second-order valence-electron chi connectivity index (χ2n) is 7.25. The Balaban J connectivity index is 1.68. The molecule has 3 fully saturated rings. The highest BCUT2D eigenvalue weighted by atomic mass is 16.5. The van der Waals surface area contributed by atoms with Crippen LogP contribution in [0.5, 0.6) is 0 Å². The van der Waals surface area contributed by atoms with Crippen LogP contribution < -0.4 is 0 Å². The van der Waals surface area contributed by atoms with E-state index < -0.39 is 0 Å². The van der Waals surface area contributed by atoms with Gasteiger partial charge in [-0.1, -0.05) is 24.8 Å². The molecule has 2 bridgehead atoms. The summed E-state index contributed by atoms with van der Waals surface area (Å²) in [5.74, 6) is 2.33. The number of hydrogen-bond donors (Lipinski definition) is 0. The van der Waals surface area contributed by atoms with Crippen LogP contribution in [0.2, 0.25) is 0 Å². The molecular weight excluding hydrogens is 264 g/mol. The Hall–Kier alpha value is -1.12. The van der Waals surface area contributed by atoms with E-state index in [-0.39, 0.29) is 11.9 Å². The molecule has 3 saturated carbocycles. The van der Waals surface area contributed by atoms with E-state index in [4.69, 9.17) is 4.74 Å². The molecule has 4 aliphatic rings. The normalized spacial score (nSPS) is 38.4. The summed E-state index contributed by atoms with van der Waals surface area (Å²) in [7, 11) is 0. The molecule has 0 aromatic rings. The van der Waals surface area contributed by atoms with E-state index in [2.05, 4.69) is 0 Å². The molecule has 3 heteroatoms. The molecule has 0 amide bonds. The van der Waals surface area contributed by atoms with Gasteiger partial charge in [0.1, 0.15) is 5.78 Å². The summed E-state index contributed by atoms with van der Waals surface area (Å²) < 4.78 is 5.33. The lowest BCUT2D eigenvalue weighted by molar-refractivity contribution is -0.141. The number of carbonyl (C=O) groups excluding carboxylic acids is 2. The van der Waals surface area contributed by atoms with Crippen molar-refractivity contribution >= 4 is 11.8 Å². The Labute approximate surface area is 126 Å². The van der Waals surface area contributed by atoms with Gasteiger partial charge in [-0.3, -0.25) is 4.79 Å². The van der Waals surface area contributed by atoms with E-state index in [1.807, 2.05) is 6.92 Å². The highest BCUT2D eigenvalue weighted by Crippen LogP contribution is 2.65. The van der Waals surface area contributed by atoms with Crippen LogP contribution in [0.25, 0.3) is 0 Å². The third-order valence-corrected chi connectivity index (χ3v) is 6.31. The first-order valence-corrected chi connectivity index (χ1v) is 8.66. The van der Waals surface area contributed by atoms with Crippen molar-refractivity contribution in [3.63, 3.8) is 0 Å². The topological polar surface area (TPSA) is 43.4 Å². The summed E-state index contributed by atoms with van der Waals surface area (Å²) in [6.07, 6.45) is 7.98. The Kier molecular flexibility index (Phi) is 3.20. The smallest absolute Gasteiger partial charge is 0.334 e. The van der Waals surface area contributed by atoms with Gasteiger partial charge in [0.2, 0.25) is 0 Å². The third-order valence-electron chi connectivity index (χ3n) is 6.31.